The lowest BCUT2D eigenvalue weighted by atomic mass is 9.99. The minimum Gasteiger partial charge on any atom is -0.487 e. The maximum Gasteiger partial charge on any atom is 0.323 e. The van der Waals surface area contributed by atoms with E-state index in [0.29, 0.717) is 35.2 Å². The van der Waals surface area contributed by atoms with Crippen LogP contribution in [0.15, 0.2) is 36.4 Å². The van der Waals surface area contributed by atoms with Crippen molar-refractivity contribution in [1.82, 2.24) is 15.1 Å². The number of likely N-dealkylation sites (N-methyl/N-ethyl adjacent to an activating group) is 1. The molecule has 2 aromatic carbocycles. The maximum absolute atomic E-state index is 13.6. The highest BCUT2D eigenvalue weighted by Crippen LogP contribution is 2.34. The Balaban J connectivity index is 1.55. The topological polar surface area (TPSA) is 142 Å². The molecule has 0 unspecified atom stereocenters. The van der Waals surface area contributed by atoms with E-state index in [4.69, 9.17) is 14.2 Å². The Hall–Kier alpha value is -4.19. The molecule has 0 saturated carbocycles. The van der Waals surface area contributed by atoms with Gasteiger partial charge in [-0.05, 0) is 51.1 Å². The van der Waals surface area contributed by atoms with Crippen molar-refractivity contribution in [3.05, 3.63) is 42.0 Å². The lowest BCUT2D eigenvalue weighted by molar-refractivity contribution is 0.0366. The van der Waals surface area contributed by atoms with Gasteiger partial charge in [0.2, 0.25) is 6.79 Å². The summed E-state index contributed by atoms with van der Waals surface area (Å²) in [4.78, 5) is 42.1. The molecule has 216 valence electrons. The number of rotatable bonds is 7. The number of amides is 5. The Kier molecular flexibility index (Phi) is 8.88. The summed E-state index contributed by atoms with van der Waals surface area (Å²) in [6.45, 7) is 8.00. The first-order chi connectivity index (χ1) is 19.0. The van der Waals surface area contributed by atoms with Crippen molar-refractivity contribution in [2.75, 3.05) is 44.2 Å². The first kappa shape index (κ1) is 28.8. The van der Waals surface area contributed by atoms with Crippen LogP contribution in [0.2, 0.25) is 0 Å². The molecule has 0 fully saturated rings. The molecule has 40 heavy (non-hydrogen) atoms. The molecule has 0 aromatic heterocycles. The van der Waals surface area contributed by atoms with E-state index >= 15 is 0 Å². The minimum absolute atomic E-state index is 0.0157. The van der Waals surface area contributed by atoms with Gasteiger partial charge >= 0.3 is 12.1 Å². The van der Waals surface area contributed by atoms with Crippen molar-refractivity contribution in [3.63, 3.8) is 0 Å². The zero-order valence-electron chi connectivity index (χ0n) is 23.4. The van der Waals surface area contributed by atoms with Gasteiger partial charge in [0.1, 0.15) is 11.9 Å². The number of aliphatic hydroxyl groups is 1. The number of nitrogens with zero attached hydrogens (tertiary/aromatic N) is 2. The predicted molar refractivity (Wildman–Crippen MR) is 149 cm³/mol. The Morgan fingerprint density at radius 3 is 2.38 bits per heavy atom. The molecule has 2 aliphatic heterocycles. The molecule has 12 nitrogen and oxygen atoms in total. The number of hydrogen-bond acceptors (Lipinski definition) is 7. The number of hydrogen-bond donors (Lipinski definition) is 4. The average molecular weight is 556 g/mol. The third-order valence-corrected chi connectivity index (χ3v) is 6.77. The van der Waals surface area contributed by atoms with Crippen molar-refractivity contribution in [2.45, 2.75) is 45.9 Å². The van der Waals surface area contributed by atoms with Crippen LogP contribution in [0.5, 0.6) is 17.2 Å². The number of fused-ring (bicyclic) bond motifs is 2. The summed E-state index contributed by atoms with van der Waals surface area (Å²) >= 11 is 0. The first-order valence-corrected chi connectivity index (χ1v) is 13.3. The SMILES string of the molecule is CC(C)NC(=O)N(C)C[C@H]1Oc2ccc(NC(=O)Nc3ccc4c(c3)OCO4)cc2C(=O)N([C@H](C)CO)C[C@@H]1C. The summed E-state index contributed by atoms with van der Waals surface area (Å²) in [5.74, 6) is 0.998. The van der Waals surface area contributed by atoms with Crippen LogP contribution >= 0.6 is 0 Å². The fourth-order valence-corrected chi connectivity index (χ4v) is 4.50. The van der Waals surface area contributed by atoms with E-state index in [1.165, 1.54) is 0 Å². The van der Waals surface area contributed by atoms with Crippen molar-refractivity contribution in [1.29, 1.82) is 0 Å². The highest BCUT2D eigenvalue weighted by Gasteiger charge is 2.34. The quantitative estimate of drug-likeness (QED) is 0.411. The van der Waals surface area contributed by atoms with E-state index < -0.39 is 18.2 Å². The maximum atomic E-state index is 13.6. The van der Waals surface area contributed by atoms with Crippen LogP contribution < -0.4 is 30.2 Å². The predicted octanol–water partition coefficient (Wildman–Crippen LogP) is 3.33. The smallest absolute Gasteiger partial charge is 0.323 e. The van der Waals surface area contributed by atoms with E-state index in [0.717, 1.165) is 0 Å². The monoisotopic (exact) mass is 555 g/mol. The van der Waals surface area contributed by atoms with Gasteiger partial charge in [0.05, 0.1) is 24.8 Å². The normalized spacial score (nSPS) is 18.7. The van der Waals surface area contributed by atoms with Gasteiger partial charge in [-0.15, -0.1) is 0 Å². The molecular formula is C28H37N5O7. The largest absolute Gasteiger partial charge is 0.487 e. The molecule has 0 radical (unpaired) electrons. The number of nitrogens with one attached hydrogen (secondary N) is 3. The Morgan fingerprint density at radius 2 is 1.70 bits per heavy atom. The van der Waals surface area contributed by atoms with Crippen LogP contribution in [-0.4, -0.2) is 84.6 Å². The summed E-state index contributed by atoms with van der Waals surface area (Å²) < 4.78 is 17.0. The number of anilines is 2. The lowest BCUT2D eigenvalue weighted by Crippen LogP contribution is -2.51. The second kappa shape index (κ2) is 12.3. The number of carbonyl (C=O) groups excluding carboxylic acids is 3. The molecule has 0 saturated heterocycles. The molecule has 5 amide bonds. The first-order valence-electron chi connectivity index (χ1n) is 13.3. The van der Waals surface area contributed by atoms with Crippen molar-refractivity contribution >= 4 is 29.3 Å². The molecule has 12 heteroatoms. The molecule has 2 aliphatic rings. The van der Waals surface area contributed by atoms with E-state index in [-0.39, 0.29) is 49.4 Å². The highest BCUT2D eigenvalue weighted by atomic mass is 16.7. The van der Waals surface area contributed by atoms with Crippen LogP contribution in [-0.2, 0) is 0 Å². The zero-order chi connectivity index (χ0) is 29.0. The minimum atomic E-state index is -0.511. The summed E-state index contributed by atoms with van der Waals surface area (Å²) in [6.07, 6.45) is -0.434. The van der Waals surface area contributed by atoms with E-state index in [1.54, 1.807) is 60.2 Å². The van der Waals surface area contributed by atoms with Gasteiger partial charge in [-0.2, -0.15) is 0 Å². The van der Waals surface area contributed by atoms with Crippen LogP contribution in [0.3, 0.4) is 0 Å². The van der Waals surface area contributed by atoms with Crippen molar-refractivity contribution < 1.29 is 33.7 Å². The average Bonchev–Trinajstić information content (AvgIpc) is 3.38. The summed E-state index contributed by atoms with van der Waals surface area (Å²) in [5.41, 5.74) is 1.13. The Morgan fingerprint density at radius 1 is 1.05 bits per heavy atom. The Bertz CT molecular complexity index is 1250. The van der Waals surface area contributed by atoms with Gasteiger partial charge in [-0.1, -0.05) is 6.92 Å². The van der Waals surface area contributed by atoms with E-state index in [1.807, 2.05) is 20.8 Å². The second-order valence-corrected chi connectivity index (χ2v) is 10.5. The zero-order valence-corrected chi connectivity index (χ0v) is 23.4. The van der Waals surface area contributed by atoms with E-state index in [2.05, 4.69) is 16.0 Å². The standard InChI is InChI=1S/C28H37N5O7/c1-16(2)29-28(37)32(5)13-25-17(3)12-33(18(4)14-34)26(35)21-10-19(6-8-22(21)40-25)30-27(36)31-20-7-9-23-24(11-20)39-15-38-23/h6-11,16-18,25,34H,12-15H2,1-5H3,(H,29,37)(H2,30,31,36)/t17-,18+,25+/m0/s1. The van der Waals surface area contributed by atoms with Crippen LogP contribution in [0.1, 0.15) is 38.1 Å². The molecule has 4 N–H and O–H groups in total. The summed E-state index contributed by atoms with van der Waals surface area (Å²) in [6, 6.07) is 8.68. The van der Waals surface area contributed by atoms with Crippen LogP contribution in [0.4, 0.5) is 21.0 Å². The van der Waals surface area contributed by atoms with Crippen LogP contribution in [0, 0.1) is 5.92 Å². The molecule has 3 atom stereocenters. The number of ether oxygens (including phenoxy) is 3. The number of carbonyl (C=O) groups is 3. The Labute approximate surface area is 233 Å². The van der Waals surface area contributed by atoms with Gasteiger partial charge < -0.3 is 45.1 Å². The summed E-state index contributed by atoms with van der Waals surface area (Å²) in [5, 5.41) is 18.2. The van der Waals surface area contributed by atoms with Gasteiger partial charge in [-0.25, -0.2) is 9.59 Å². The van der Waals surface area contributed by atoms with Crippen LogP contribution in [0.25, 0.3) is 0 Å². The van der Waals surface area contributed by atoms with Crippen molar-refractivity contribution in [3.8, 4) is 17.2 Å². The number of aliphatic hydroxyl groups excluding tert-OH is 1. The van der Waals surface area contributed by atoms with Crippen molar-refractivity contribution in [2.24, 2.45) is 5.92 Å². The van der Waals surface area contributed by atoms with Gasteiger partial charge in [0.25, 0.3) is 5.91 Å². The molecule has 0 bridgehead atoms. The third kappa shape index (κ3) is 6.68. The van der Waals surface area contributed by atoms with Gasteiger partial charge in [-0.3, -0.25) is 4.79 Å². The molecule has 4 rings (SSSR count). The summed E-state index contributed by atoms with van der Waals surface area (Å²) in [7, 11) is 1.69. The number of benzene rings is 2. The fourth-order valence-electron chi connectivity index (χ4n) is 4.50. The fraction of sp³-hybridized carbons (Fsp3) is 0.464. The van der Waals surface area contributed by atoms with Gasteiger partial charge in [0, 0.05) is 43.0 Å². The third-order valence-electron chi connectivity index (χ3n) is 6.77. The molecule has 0 aliphatic carbocycles. The molecule has 0 spiro atoms. The molecule has 2 heterocycles. The number of urea groups is 2. The second-order valence-electron chi connectivity index (χ2n) is 10.5. The van der Waals surface area contributed by atoms with Gasteiger partial charge in [0.15, 0.2) is 11.5 Å². The van der Waals surface area contributed by atoms with E-state index in [9.17, 15) is 19.5 Å². The molecule has 2 aromatic rings. The lowest BCUT2D eigenvalue weighted by Gasteiger charge is -2.38. The molecular weight excluding hydrogens is 518 g/mol. The highest BCUT2D eigenvalue weighted by molar-refractivity contribution is 6.02.